The Bertz CT molecular complexity index is 166. The summed E-state index contributed by atoms with van der Waals surface area (Å²) in [7, 11) is 0. The first-order chi connectivity index (χ1) is 4.20. The fourth-order valence-corrected chi connectivity index (χ4v) is 1.47. The highest BCUT2D eigenvalue weighted by molar-refractivity contribution is 8.04. The Balaban J connectivity index is 2.62. The largest absolute Gasteiger partial charge is 0.477 e. The second kappa shape index (κ2) is 2.41. The number of hydrogen-bond donors (Lipinski definition) is 2. The lowest BCUT2D eigenvalue weighted by Gasteiger charge is -1.89. The molecule has 1 rings (SSSR count). The molecular weight excluding hydrogens is 138 g/mol. The number of carbonyl (C=O) groups is 1. The summed E-state index contributed by atoms with van der Waals surface area (Å²) in [4.78, 5) is 10.6. The Morgan fingerprint density at radius 3 is 2.89 bits per heavy atom. The zero-order valence-corrected chi connectivity index (χ0v) is 5.52. The summed E-state index contributed by atoms with van der Waals surface area (Å²) in [5, 5.41) is 8.39. The van der Waals surface area contributed by atoms with Crippen molar-refractivity contribution < 1.29 is 9.90 Å². The average molecular weight is 145 g/mol. The van der Waals surface area contributed by atoms with Crippen LogP contribution in [0, 0.1) is 0 Å². The fraction of sp³-hybridized carbons (Fsp3) is 0.400. The van der Waals surface area contributed by atoms with Crippen molar-refractivity contribution in [3.63, 3.8) is 0 Å². The van der Waals surface area contributed by atoms with E-state index in [1.54, 1.807) is 6.08 Å². The van der Waals surface area contributed by atoms with Crippen molar-refractivity contribution in [2.75, 3.05) is 5.75 Å². The van der Waals surface area contributed by atoms with Gasteiger partial charge in [-0.25, -0.2) is 4.79 Å². The highest BCUT2D eigenvalue weighted by Gasteiger charge is 2.17. The lowest BCUT2D eigenvalue weighted by molar-refractivity contribution is -0.131. The number of nitrogens with two attached hydrogens (primary N) is 1. The fourth-order valence-electron chi connectivity index (χ4n) is 0.610. The molecule has 0 spiro atoms. The van der Waals surface area contributed by atoms with Crippen molar-refractivity contribution in [2.45, 2.75) is 6.04 Å². The van der Waals surface area contributed by atoms with Gasteiger partial charge < -0.3 is 10.8 Å². The molecule has 0 aromatic rings. The molecule has 0 amide bonds. The second-order valence-electron chi connectivity index (χ2n) is 1.81. The molecule has 1 aliphatic heterocycles. The molecule has 4 heteroatoms. The number of aliphatic carboxylic acids is 1. The summed E-state index contributed by atoms with van der Waals surface area (Å²) < 4.78 is 0. The number of hydrogen-bond acceptors (Lipinski definition) is 3. The van der Waals surface area contributed by atoms with Crippen LogP contribution in [0.25, 0.3) is 0 Å². The van der Waals surface area contributed by atoms with E-state index in [1.165, 1.54) is 11.8 Å². The predicted octanol–water partition coefficient (Wildman–Crippen LogP) is 0.0290. The Labute approximate surface area is 56.9 Å². The lowest BCUT2D eigenvalue weighted by atomic mass is 10.3. The molecular formula is C5H7NO2S. The first-order valence-electron chi connectivity index (χ1n) is 2.53. The monoisotopic (exact) mass is 145 g/mol. The molecule has 0 aromatic carbocycles. The zero-order valence-electron chi connectivity index (χ0n) is 4.70. The van der Waals surface area contributed by atoms with Gasteiger partial charge in [0.05, 0.1) is 4.91 Å². The number of carboxylic acid groups (broad SMARTS) is 1. The van der Waals surface area contributed by atoms with Crippen LogP contribution < -0.4 is 5.73 Å². The van der Waals surface area contributed by atoms with Gasteiger partial charge in [0.25, 0.3) is 0 Å². The van der Waals surface area contributed by atoms with Crippen LogP contribution in [0.4, 0.5) is 0 Å². The molecule has 50 valence electrons. The molecule has 1 atom stereocenters. The molecule has 0 fully saturated rings. The quantitative estimate of drug-likeness (QED) is 0.546. The molecule has 3 nitrogen and oxygen atoms in total. The Morgan fingerprint density at radius 1 is 2.00 bits per heavy atom. The van der Waals surface area contributed by atoms with Crippen LogP contribution in [-0.2, 0) is 4.79 Å². The van der Waals surface area contributed by atoms with E-state index in [0.29, 0.717) is 10.7 Å². The van der Waals surface area contributed by atoms with Gasteiger partial charge in [-0.1, -0.05) is 0 Å². The third-order valence-electron chi connectivity index (χ3n) is 1.01. The molecule has 9 heavy (non-hydrogen) atoms. The highest BCUT2D eigenvalue weighted by atomic mass is 32.2. The van der Waals surface area contributed by atoms with Crippen molar-refractivity contribution in [2.24, 2.45) is 5.73 Å². The molecule has 3 N–H and O–H groups in total. The van der Waals surface area contributed by atoms with Gasteiger partial charge in [0.15, 0.2) is 0 Å². The Hall–Kier alpha value is -0.480. The first-order valence-corrected chi connectivity index (χ1v) is 3.52. The zero-order chi connectivity index (χ0) is 6.85. The number of carboxylic acids is 1. The minimum absolute atomic E-state index is 0.0684. The van der Waals surface area contributed by atoms with Gasteiger partial charge in [-0.2, -0.15) is 0 Å². The van der Waals surface area contributed by atoms with E-state index in [4.69, 9.17) is 10.8 Å². The minimum atomic E-state index is -0.868. The van der Waals surface area contributed by atoms with Gasteiger partial charge in [0.1, 0.15) is 0 Å². The van der Waals surface area contributed by atoms with Crippen molar-refractivity contribution in [3.05, 3.63) is 11.0 Å². The molecule has 0 aliphatic carbocycles. The summed E-state index contributed by atoms with van der Waals surface area (Å²) >= 11 is 1.30. The van der Waals surface area contributed by atoms with Gasteiger partial charge in [-0.3, -0.25) is 0 Å². The molecule has 0 radical (unpaired) electrons. The SMILES string of the molecule is N[C@@H]1C=C(C(=O)O)SC1. The Kier molecular flexibility index (Phi) is 1.78. The van der Waals surface area contributed by atoms with Crippen molar-refractivity contribution in [1.82, 2.24) is 0 Å². The molecule has 0 bridgehead atoms. The Morgan fingerprint density at radius 2 is 2.67 bits per heavy atom. The van der Waals surface area contributed by atoms with E-state index >= 15 is 0 Å². The summed E-state index contributed by atoms with van der Waals surface area (Å²) in [5.41, 5.74) is 5.40. The summed E-state index contributed by atoms with van der Waals surface area (Å²) in [6.07, 6.45) is 1.58. The van der Waals surface area contributed by atoms with Crippen LogP contribution in [-0.4, -0.2) is 22.9 Å². The van der Waals surface area contributed by atoms with Crippen LogP contribution >= 0.6 is 11.8 Å². The number of thioether (sulfide) groups is 1. The van der Waals surface area contributed by atoms with Gasteiger partial charge in [-0.05, 0) is 6.08 Å². The van der Waals surface area contributed by atoms with Crippen LogP contribution in [0.15, 0.2) is 11.0 Å². The average Bonchev–Trinajstić information content (AvgIpc) is 2.14. The van der Waals surface area contributed by atoms with Crippen LogP contribution in [0.2, 0.25) is 0 Å². The lowest BCUT2D eigenvalue weighted by Crippen LogP contribution is -2.15. The topological polar surface area (TPSA) is 63.3 Å². The van der Waals surface area contributed by atoms with Crippen LogP contribution in [0.3, 0.4) is 0 Å². The smallest absolute Gasteiger partial charge is 0.341 e. The maximum absolute atomic E-state index is 10.2. The maximum Gasteiger partial charge on any atom is 0.341 e. The summed E-state index contributed by atoms with van der Waals surface area (Å²) in [6.45, 7) is 0. The van der Waals surface area contributed by atoms with Crippen LogP contribution in [0.5, 0.6) is 0 Å². The predicted molar refractivity (Wildman–Crippen MR) is 36.2 cm³/mol. The third kappa shape index (κ3) is 1.46. The van der Waals surface area contributed by atoms with E-state index in [1.807, 2.05) is 0 Å². The van der Waals surface area contributed by atoms with Crippen LogP contribution in [0.1, 0.15) is 0 Å². The molecule has 0 unspecified atom stereocenters. The summed E-state index contributed by atoms with van der Waals surface area (Å²) in [6, 6.07) is -0.0684. The molecule has 1 heterocycles. The van der Waals surface area contributed by atoms with E-state index in [2.05, 4.69) is 0 Å². The normalized spacial score (nSPS) is 25.9. The van der Waals surface area contributed by atoms with E-state index in [0.717, 1.165) is 0 Å². The van der Waals surface area contributed by atoms with Gasteiger partial charge in [0, 0.05) is 11.8 Å². The molecule has 0 aromatic heterocycles. The summed E-state index contributed by atoms with van der Waals surface area (Å²) in [5.74, 6) is -0.172. The molecule has 1 aliphatic rings. The first kappa shape index (κ1) is 6.64. The molecule has 0 saturated heterocycles. The highest BCUT2D eigenvalue weighted by Crippen LogP contribution is 2.23. The van der Waals surface area contributed by atoms with Gasteiger partial charge in [-0.15, -0.1) is 11.8 Å². The second-order valence-corrected chi connectivity index (χ2v) is 2.87. The standard InChI is InChI=1S/C5H7NO2S/c6-3-1-4(5(7)8)9-2-3/h1,3H,2,6H2,(H,7,8)/t3-/m1/s1. The number of rotatable bonds is 1. The third-order valence-corrected chi connectivity index (χ3v) is 2.18. The maximum atomic E-state index is 10.2. The van der Waals surface area contributed by atoms with Crippen molar-refractivity contribution >= 4 is 17.7 Å². The minimum Gasteiger partial charge on any atom is -0.477 e. The van der Waals surface area contributed by atoms with Crippen molar-refractivity contribution in [1.29, 1.82) is 0 Å². The van der Waals surface area contributed by atoms with Gasteiger partial charge >= 0.3 is 5.97 Å². The van der Waals surface area contributed by atoms with E-state index < -0.39 is 5.97 Å². The van der Waals surface area contributed by atoms with E-state index in [-0.39, 0.29) is 6.04 Å². The van der Waals surface area contributed by atoms with E-state index in [9.17, 15) is 4.79 Å². The molecule has 0 saturated carbocycles. The van der Waals surface area contributed by atoms with Gasteiger partial charge in [0.2, 0.25) is 0 Å². The van der Waals surface area contributed by atoms with Crippen molar-refractivity contribution in [3.8, 4) is 0 Å².